The van der Waals surface area contributed by atoms with Gasteiger partial charge in [-0.1, -0.05) is 48.0 Å². The zero-order valence-corrected chi connectivity index (χ0v) is 17.0. The van der Waals surface area contributed by atoms with Crippen LogP contribution in [0.1, 0.15) is 16.7 Å². The van der Waals surface area contributed by atoms with Gasteiger partial charge in [-0.3, -0.25) is 4.79 Å². The SMILES string of the molecule is Cc1ccc(NC(=O)/C(C#N)=C/c2cn(Cc3cccc(F)c3)c3ccccc23)cc1. The number of benzene rings is 3. The Morgan fingerprint density at radius 1 is 1.10 bits per heavy atom. The fraction of sp³-hybridized carbons (Fsp3) is 0.0769. The highest BCUT2D eigenvalue weighted by atomic mass is 19.1. The molecule has 152 valence electrons. The molecule has 0 fully saturated rings. The van der Waals surface area contributed by atoms with Crippen LogP contribution in [0.25, 0.3) is 17.0 Å². The van der Waals surface area contributed by atoms with Crippen molar-refractivity contribution in [2.45, 2.75) is 13.5 Å². The van der Waals surface area contributed by atoms with Crippen molar-refractivity contribution in [3.05, 3.63) is 107 Å². The number of amides is 1. The molecular formula is C26H20FN3O. The van der Waals surface area contributed by atoms with E-state index in [1.165, 1.54) is 12.1 Å². The molecule has 4 nitrogen and oxygen atoms in total. The van der Waals surface area contributed by atoms with Crippen molar-refractivity contribution in [1.82, 2.24) is 4.57 Å². The summed E-state index contributed by atoms with van der Waals surface area (Å²) in [5.41, 5.74) is 4.24. The third-order valence-electron chi connectivity index (χ3n) is 5.04. The number of nitrogens with zero attached hydrogens (tertiary/aromatic N) is 2. The normalized spacial score (nSPS) is 11.3. The van der Waals surface area contributed by atoms with Crippen LogP contribution >= 0.6 is 0 Å². The Bertz CT molecular complexity index is 1330. The maximum absolute atomic E-state index is 13.6. The first-order valence-electron chi connectivity index (χ1n) is 9.85. The van der Waals surface area contributed by atoms with Crippen LogP contribution < -0.4 is 5.32 Å². The number of para-hydroxylation sites is 1. The number of anilines is 1. The van der Waals surface area contributed by atoms with E-state index in [1.54, 1.807) is 24.3 Å². The van der Waals surface area contributed by atoms with Crippen LogP contribution in [0.15, 0.2) is 84.6 Å². The minimum absolute atomic E-state index is 0.00855. The molecule has 1 heterocycles. The standard InChI is InChI=1S/C26H20FN3O/c1-18-9-11-23(12-10-18)29-26(31)20(15-28)14-21-17-30(25-8-3-2-7-24(21)25)16-19-5-4-6-22(27)13-19/h2-14,17H,16H2,1H3,(H,29,31)/b20-14+. The Morgan fingerprint density at radius 2 is 1.87 bits per heavy atom. The van der Waals surface area contributed by atoms with Crippen LogP contribution in [0.2, 0.25) is 0 Å². The lowest BCUT2D eigenvalue weighted by Crippen LogP contribution is -2.13. The molecule has 0 saturated heterocycles. The number of aromatic nitrogens is 1. The number of nitriles is 1. The van der Waals surface area contributed by atoms with Gasteiger partial charge in [-0.25, -0.2) is 4.39 Å². The number of halogens is 1. The molecule has 1 amide bonds. The zero-order chi connectivity index (χ0) is 21.8. The van der Waals surface area contributed by atoms with Crippen LogP contribution in [-0.2, 0) is 11.3 Å². The van der Waals surface area contributed by atoms with E-state index >= 15 is 0 Å². The second-order valence-electron chi connectivity index (χ2n) is 7.35. The maximum atomic E-state index is 13.6. The van der Waals surface area contributed by atoms with Crippen molar-refractivity contribution in [1.29, 1.82) is 5.26 Å². The molecule has 4 rings (SSSR count). The van der Waals surface area contributed by atoms with E-state index in [1.807, 2.05) is 66.2 Å². The lowest BCUT2D eigenvalue weighted by molar-refractivity contribution is -0.112. The highest BCUT2D eigenvalue weighted by Gasteiger charge is 2.13. The van der Waals surface area contributed by atoms with Crippen LogP contribution in [-0.4, -0.2) is 10.5 Å². The third-order valence-corrected chi connectivity index (χ3v) is 5.04. The maximum Gasteiger partial charge on any atom is 0.266 e. The number of carbonyl (C=O) groups is 1. The molecular weight excluding hydrogens is 389 g/mol. The van der Waals surface area contributed by atoms with Gasteiger partial charge in [0.2, 0.25) is 0 Å². The fourth-order valence-corrected chi connectivity index (χ4v) is 3.49. The molecule has 0 aliphatic carbocycles. The van der Waals surface area contributed by atoms with Gasteiger partial charge < -0.3 is 9.88 Å². The van der Waals surface area contributed by atoms with Gasteiger partial charge in [-0.2, -0.15) is 5.26 Å². The first-order valence-corrected chi connectivity index (χ1v) is 9.85. The van der Waals surface area contributed by atoms with E-state index < -0.39 is 5.91 Å². The Labute approximate surface area is 179 Å². The molecule has 5 heteroatoms. The van der Waals surface area contributed by atoms with Crippen LogP contribution in [0.4, 0.5) is 10.1 Å². The molecule has 4 aromatic rings. The van der Waals surface area contributed by atoms with Gasteiger partial charge >= 0.3 is 0 Å². The monoisotopic (exact) mass is 409 g/mol. The topological polar surface area (TPSA) is 57.8 Å². The first kappa shape index (κ1) is 20.1. The van der Waals surface area contributed by atoms with Crippen molar-refractivity contribution >= 4 is 28.6 Å². The van der Waals surface area contributed by atoms with Gasteiger partial charge in [-0.05, 0) is 48.9 Å². The molecule has 1 N–H and O–H groups in total. The Kier molecular flexibility index (Phi) is 5.63. The van der Waals surface area contributed by atoms with Gasteiger partial charge in [0, 0.05) is 34.9 Å². The molecule has 0 bridgehead atoms. The van der Waals surface area contributed by atoms with Crippen LogP contribution in [0.3, 0.4) is 0 Å². The van der Waals surface area contributed by atoms with Crippen molar-refractivity contribution in [2.75, 3.05) is 5.32 Å². The lowest BCUT2D eigenvalue weighted by Gasteiger charge is -2.05. The Balaban J connectivity index is 1.67. The van der Waals surface area contributed by atoms with Gasteiger partial charge in [0.15, 0.2) is 0 Å². The number of aryl methyl sites for hydroxylation is 1. The molecule has 0 aliphatic rings. The number of hydrogen-bond donors (Lipinski definition) is 1. The number of hydrogen-bond acceptors (Lipinski definition) is 2. The molecule has 0 unspecified atom stereocenters. The minimum Gasteiger partial charge on any atom is -0.342 e. The molecule has 0 atom stereocenters. The fourth-order valence-electron chi connectivity index (χ4n) is 3.49. The van der Waals surface area contributed by atoms with Gasteiger partial charge in [0.05, 0.1) is 0 Å². The molecule has 0 spiro atoms. The van der Waals surface area contributed by atoms with Crippen LogP contribution in [0.5, 0.6) is 0 Å². The summed E-state index contributed by atoms with van der Waals surface area (Å²) in [6, 6.07) is 23.6. The summed E-state index contributed by atoms with van der Waals surface area (Å²) in [6.07, 6.45) is 3.47. The number of rotatable bonds is 5. The molecule has 0 radical (unpaired) electrons. The molecule has 0 saturated carbocycles. The second-order valence-corrected chi connectivity index (χ2v) is 7.35. The highest BCUT2D eigenvalue weighted by Crippen LogP contribution is 2.25. The summed E-state index contributed by atoms with van der Waals surface area (Å²) in [4.78, 5) is 12.7. The zero-order valence-electron chi connectivity index (χ0n) is 17.0. The quantitative estimate of drug-likeness (QED) is 0.340. The van der Waals surface area contributed by atoms with E-state index in [4.69, 9.17) is 0 Å². The predicted octanol–water partition coefficient (Wildman–Crippen LogP) is 5.68. The minimum atomic E-state index is -0.465. The van der Waals surface area contributed by atoms with E-state index in [0.29, 0.717) is 12.2 Å². The summed E-state index contributed by atoms with van der Waals surface area (Å²) in [6.45, 7) is 2.44. The van der Waals surface area contributed by atoms with E-state index in [-0.39, 0.29) is 11.4 Å². The molecule has 3 aromatic carbocycles. The molecule has 1 aromatic heterocycles. The highest BCUT2D eigenvalue weighted by molar-refractivity contribution is 6.10. The lowest BCUT2D eigenvalue weighted by atomic mass is 10.1. The van der Waals surface area contributed by atoms with Gasteiger partial charge in [0.25, 0.3) is 5.91 Å². The number of nitrogens with one attached hydrogen (secondary N) is 1. The van der Waals surface area contributed by atoms with Crippen molar-refractivity contribution in [3.8, 4) is 6.07 Å². The van der Waals surface area contributed by atoms with Crippen molar-refractivity contribution < 1.29 is 9.18 Å². The summed E-state index contributed by atoms with van der Waals surface area (Å²) >= 11 is 0. The number of carbonyl (C=O) groups excluding carboxylic acids is 1. The van der Waals surface area contributed by atoms with Gasteiger partial charge in [0.1, 0.15) is 17.5 Å². The van der Waals surface area contributed by atoms with E-state index in [0.717, 1.165) is 27.6 Å². The predicted molar refractivity (Wildman–Crippen MR) is 121 cm³/mol. The van der Waals surface area contributed by atoms with Crippen molar-refractivity contribution in [2.24, 2.45) is 0 Å². The van der Waals surface area contributed by atoms with Crippen molar-refractivity contribution in [3.63, 3.8) is 0 Å². The Morgan fingerprint density at radius 3 is 2.61 bits per heavy atom. The first-order chi connectivity index (χ1) is 15.0. The van der Waals surface area contributed by atoms with E-state index in [9.17, 15) is 14.4 Å². The average molecular weight is 409 g/mol. The van der Waals surface area contributed by atoms with E-state index in [2.05, 4.69) is 5.32 Å². The third kappa shape index (κ3) is 4.54. The summed E-state index contributed by atoms with van der Waals surface area (Å²) in [7, 11) is 0. The second kappa shape index (κ2) is 8.68. The smallest absolute Gasteiger partial charge is 0.266 e. The van der Waals surface area contributed by atoms with Crippen LogP contribution in [0, 0.1) is 24.1 Å². The molecule has 0 aliphatic heterocycles. The summed E-state index contributed by atoms with van der Waals surface area (Å²) in [5.74, 6) is -0.748. The molecule has 31 heavy (non-hydrogen) atoms. The Hall–Kier alpha value is -4.17. The summed E-state index contributed by atoms with van der Waals surface area (Å²) in [5, 5.41) is 13.3. The van der Waals surface area contributed by atoms with Gasteiger partial charge in [-0.15, -0.1) is 0 Å². The average Bonchev–Trinajstić information content (AvgIpc) is 3.11. The largest absolute Gasteiger partial charge is 0.342 e. The summed E-state index contributed by atoms with van der Waals surface area (Å²) < 4.78 is 15.6. The number of fused-ring (bicyclic) bond motifs is 1.